The minimum atomic E-state index is -4.71. The molecule has 13 heteroatoms. The van der Waals surface area contributed by atoms with E-state index in [2.05, 4.69) is 25.6 Å². The quantitative estimate of drug-likeness (QED) is 0.377. The molecule has 0 atom stereocenters. The van der Waals surface area contributed by atoms with Crippen molar-refractivity contribution in [1.82, 2.24) is 19.5 Å². The smallest absolute Gasteiger partial charge is 0.365 e. The molecule has 0 saturated carbocycles. The van der Waals surface area contributed by atoms with Crippen LogP contribution in [-0.4, -0.2) is 34.2 Å². The van der Waals surface area contributed by atoms with Crippen LogP contribution in [0.1, 0.15) is 11.1 Å². The van der Waals surface area contributed by atoms with Crippen LogP contribution in [0.5, 0.6) is 0 Å². The molecule has 4 aromatic rings. The second-order valence-electron chi connectivity index (χ2n) is 7.57. The van der Waals surface area contributed by atoms with E-state index in [-0.39, 0.29) is 23.1 Å². The first-order valence-electron chi connectivity index (χ1n) is 9.85. The Morgan fingerprint density at radius 3 is 2.62 bits per heavy atom. The summed E-state index contributed by atoms with van der Waals surface area (Å²) in [5.41, 5.74) is 0.740. The number of hydrogen-bond acceptors (Lipinski definition) is 7. The van der Waals surface area contributed by atoms with Gasteiger partial charge in [0.2, 0.25) is 5.95 Å². The summed E-state index contributed by atoms with van der Waals surface area (Å²) in [5, 5.41) is 5.46. The lowest BCUT2D eigenvalue weighted by Crippen LogP contribution is -2.14. The lowest BCUT2D eigenvalue weighted by Gasteiger charge is -2.15. The predicted octanol–water partition coefficient (Wildman–Crippen LogP) is 3.43. The van der Waals surface area contributed by atoms with Crippen molar-refractivity contribution in [2.24, 2.45) is 7.05 Å². The molecule has 4 rings (SSSR count). The van der Waals surface area contributed by atoms with Crippen molar-refractivity contribution in [1.29, 1.82) is 0 Å². The Morgan fingerprint density at radius 2 is 1.91 bits per heavy atom. The second kappa shape index (κ2) is 8.48. The Hall–Kier alpha value is -3.87. The zero-order valence-electron chi connectivity index (χ0n) is 17.9. The third kappa shape index (κ3) is 4.88. The number of imidazole rings is 1. The predicted molar refractivity (Wildman–Crippen MR) is 121 cm³/mol. The first-order chi connectivity index (χ1) is 15.9. The summed E-state index contributed by atoms with van der Waals surface area (Å²) < 4.78 is 65.5. The molecule has 0 unspecified atom stereocenters. The van der Waals surface area contributed by atoms with Gasteiger partial charge in [0.1, 0.15) is 11.4 Å². The van der Waals surface area contributed by atoms with Gasteiger partial charge in [0.25, 0.3) is 0 Å². The monoisotopic (exact) mass is 492 g/mol. The summed E-state index contributed by atoms with van der Waals surface area (Å²) in [4.78, 5) is 22.2. The molecule has 0 amide bonds. The van der Waals surface area contributed by atoms with Gasteiger partial charge in [-0.05, 0) is 35.9 Å². The molecule has 0 fully saturated rings. The van der Waals surface area contributed by atoms with E-state index in [1.807, 2.05) is 0 Å². The third-order valence-electron chi connectivity index (χ3n) is 5.04. The van der Waals surface area contributed by atoms with Gasteiger partial charge in [-0.3, -0.25) is 4.57 Å². The molecular weight excluding hydrogens is 473 g/mol. The molecule has 0 spiro atoms. The van der Waals surface area contributed by atoms with E-state index in [0.29, 0.717) is 28.5 Å². The zero-order valence-corrected chi connectivity index (χ0v) is 18.8. The third-order valence-corrected chi connectivity index (χ3v) is 6.15. The van der Waals surface area contributed by atoms with E-state index in [0.717, 1.165) is 6.26 Å². The van der Waals surface area contributed by atoms with E-state index >= 15 is 0 Å². The fraction of sp³-hybridized carbons (Fsp3) is 0.190. The standard InChI is InChI=1S/C21H19F3N6O3S/c1-30-17-7-6-13(9-16(17)28-20(30)31)27-19-26-11-15(21(22,23)24)18(29-19)25-10-12-4-3-5-14(8-12)34(2,32)33/h3-9,11H,10H2,1-2H3,(H,28,31)(H2,25,26,27,29). The van der Waals surface area contributed by atoms with Crippen LogP contribution < -0.4 is 16.3 Å². The van der Waals surface area contributed by atoms with Gasteiger partial charge in [-0.2, -0.15) is 18.2 Å². The molecule has 0 radical (unpaired) electrons. The molecule has 34 heavy (non-hydrogen) atoms. The van der Waals surface area contributed by atoms with Crippen molar-refractivity contribution >= 4 is 38.3 Å². The number of sulfone groups is 1. The summed E-state index contributed by atoms with van der Waals surface area (Å²) in [6, 6.07) is 10.8. The van der Waals surface area contributed by atoms with Gasteiger partial charge in [-0.1, -0.05) is 12.1 Å². The van der Waals surface area contributed by atoms with Crippen LogP contribution in [0.2, 0.25) is 0 Å². The molecule has 178 valence electrons. The van der Waals surface area contributed by atoms with Crippen molar-refractivity contribution in [2.45, 2.75) is 17.6 Å². The normalized spacial score (nSPS) is 12.1. The number of hydrogen-bond donors (Lipinski definition) is 3. The summed E-state index contributed by atoms with van der Waals surface area (Å²) in [6.07, 6.45) is -3.00. The number of aromatic amines is 1. The summed E-state index contributed by atoms with van der Waals surface area (Å²) in [5.74, 6) is -0.568. The van der Waals surface area contributed by atoms with E-state index in [1.165, 1.54) is 22.8 Å². The molecular formula is C21H19F3N6O3S. The van der Waals surface area contributed by atoms with Crippen molar-refractivity contribution in [3.63, 3.8) is 0 Å². The van der Waals surface area contributed by atoms with Gasteiger partial charge in [0.15, 0.2) is 9.84 Å². The fourth-order valence-electron chi connectivity index (χ4n) is 3.30. The van der Waals surface area contributed by atoms with E-state index in [1.54, 1.807) is 31.3 Å². The summed E-state index contributed by atoms with van der Waals surface area (Å²) >= 11 is 0. The number of fused-ring (bicyclic) bond motifs is 1. The van der Waals surface area contributed by atoms with Gasteiger partial charge in [0.05, 0.1) is 15.9 Å². The van der Waals surface area contributed by atoms with Crippen molar-refractivity contribution in [3.05, 3.63) is 70.3 Å². The number of alkyl halides is 3. The largest absolute Gasteiger partial charge is 0.421 e. The Morgan fingerprint density at radius 1 is 1.15 bits per heavy atom. The number of aromatic nitrogens is 4. The maximum Gasteiger partial charge on any atom is 0.421 e. The van der Waals surface area contributed by atoms with E-state index in [4.69, 9.17) is 0 Å². The topological polar surface area (TPSA) is 122 Å². The van der Waals surface area contributed by atoms with Crippen LogP contribution in [0, 0.1) is 0 Å². The lowest BCUT2D eigenvalue weighted by atomic mass is 10.2. The summed E-state index contributed by atoms with van der Waals surface area (Å²) in [7, 11) is -1.86. The second-order valence-corrected chi connectivity index (χ2v) is 9.59. The van der Waals surface area contributed by atoms with Gasteiger partial charge < -0.3 is 15.6 Å². The number of aryl methyl sites for hydroxylation is 1. The van der Waals surface area contributed by atoms with Crippen LogP contribution in [0.25, 0.3) is 11.0 Å². The number of H-pyrrole nitrogens is 1. The SMILES string of the molecule is Cn1c(=O)[nH]c2cc(Nc3ncc(C(F)(F)F)c(NCc4cccc(S(C)(=O)=O)c4)n3)ccc21. The van der Waals surface area contributed by atoms with E-state index < -0.39 is 27.4 Å². The van der Waals surface area contributed by atoms with E-state index in [9.17, 15) is 26.4 Å². The van der Waals surface area contributed by atoms with Crippen LogP contribution in [0.15, 0.2) is 58.4 Å². The molecule has 0 aliphatic heterocycles. The highest BCUT2D eigenvalue weighted by Crippen LogP contribution is 2.34. The Bertz CT molecular complexity index is 1540. The first kappa shape index (κ1) is 23.3. The van der Waals surface area contributed by atoms with Gasteiger partial charge in [-0.25, -0.2) is 18.2 Å². The Balaban J connectivity index is 1.62. The number of anilines is 3. The fourth-order valence-corrected chi connectivity index (χ4v) is 3.99. The molecule has 0 aliphatic carbocycles. The maximum absolute atomic E-state index is 13.5. The van der Waals surface area contributed by atoms with Crippen molar-refractivity contribution < 1.29 is 21.6 Å². The summed E-state index contributed by atoms with van der Waals surface area (Å²) in [6.45, 7) is -0.0971. The average Bonchev–Trinajstić information content (AvgIpc) is 3.04. The van der Waals surface area contributed by atoms with Crippen molar-refractivity contribution in [3.8, 4) is 0 Å². The maximum atomic E-state index is 13.5. The van der Waals surface area contributed by atoms with Crippen LogP contribution in [0.4, 0.5) is 30.6 Å². The minimum absolute atomic E-state index is 0.0576. The number of halogens is 3. The number of nitrogens with zero attached hydrogens (tertiary/aromatic N) is 3. The highest BCUT2D eigenvalue weighted by atomic mass is 32.2. The number of benzene rings is 2. The number of rotatable bonds is 6. The molecule has 2 aromatic carbocycles. The molecule has 0 saturated heterocycles. The Labute approximate surface area is 191 Å². The first-order valence-corrected chi connectivity index (χ1v) is 11.7. The lowest BCUT2D eigenvalue weighted by molar-refractivity contribution is -0.137. The zero-order chi connectivity index (χ0) is 24.7. The van der Waals surface area contributed by atoms with Crippen molar-refractivity contribution in [2.75, 3.05) is 16.9 Å². The molecule has 0 bridgehead atoms. The number of nitrogens with one attached hydrogen (secondary N) is 3. The molecule has 3 N–H and O–H groups in total. The van der Waals surface area contributed by atoms with Gasteiger partial charge >= 0.3 is 11.9 Å². The van der Waals surface area contributed by atoms with Crippen LogP contribution in [0.3, 0.4) is 0 Å². The van der Waals surface area contributed by atoms with Crippen LogP contribution in [-0.2, 0) is 29.6 Å². The van der Waals surface area contributed by atoms with Gasteiger partial charge in [0, 0.05) is 31.7 Å². The highest BCUT2D eigenvalue weighted by Gasteiger charge is 2.35. The molecule has 0 aliphatic rings. The highest BCUT2D eigenvalue weighted by molar-refractivity contribution is 7.90. The minimum Gasteiger partial charge on any atom is -0.365 e. The Kier molecular flexibility index (Phi) is 5.81. The average molecular weight is 492 g/mol. The molecule has 2 aromatic heterocycles. The van der Waals surface area contributed by atoms with Crippen LogP contribution >= 0.6 is 0 Å². The molecule has 2 heterocycles. The van der Waals surface area contributed by atoms with Gasteiger partial charge in [-0.15, -0.1) is 0 Å². The molecule has 9 nitrogen and oxygen atoms in total.